The third kappa shape index (κ3) is 2.79. The third-order valence-corrected chi connectivity index (χ3v) is 12.4. The maximum absolute atomic E-state index is 13.9. The lowest BCUT2D eigenvalue weighted by atomic mass is 9.94. The zero-order chi connectivity index (χ0) is 20.2. The van der Waals surface area contributed by atoms with Gasteiger partial charge in [0.2, 0.25) is 0 Å². The molecule has 0 saturated carbocycles. The molecule has 0 saturated heterocycles. The van der Waals surface area contributed by atoms with Crippen molar-refractivity contribution in [2.75, 3.05) is 0 Å². The van der Waals surface area contributed by atoms with Crippen LogP contribution in [-0.2, 0) is 0 Å². The molecule has 0 aliphatic carbocycles. The van der Waals surface area contributed by atoms with Gasteiger partial charge in [0.25, 0.3) is 8.32 Å². The molecule has 0 N–H and O–H groups in total. The summed E-state index contributed by atoms with van der Waals surface area (Å²) in [5.41, 5.74) is 1.57. The Kier molecular flexibility index (Phi) is 4.62. The first-order chi connectivity index (χ1) is 13.2. The highest BCUT2D eigenvalue weighted by Crippen LogP contribution is 2.44. The Morgan fingerprint density at radius 2 is 1.25 bits per heavy atom. The van der Waals surface area contributed by atoms with E-state index >= 15 is 0 Å². The van der Waals surface area contributed by atoms with Gasteiger partial charge in [-0.15, -0.1) is 0 Å². The number of hydrogen-bond donors (Lipinski definition) is 0. The summed E-state index contributed by atoms with van der Waals surface area (Å²) < 4.78 is 20.8. The number of benzene rings is 4. The Morgan fingerprint density at radius 1 is 0.750 bits per heavy atom. The van der Waals surface area contributed by atoms with Crippen molar-refractivity contribution in [2.45, 2.75) is 58.2 Å². The summed E-state index contributed by atoms with van der Waals surface area (Å²) in [7, 11) is -2.02. The molecule has 4 aromatic carbocycles. The van der Waals surface area contributed by atoms with Crippen LogP contribution in [-0.4, -0.2) is 8.32 Å². The number of halogens is 1. The van der Waals surface area contributed by atoms with Gasteiger partial charge in [-0.1, -0.05) is 65.8 Å². The van der Waals surface area contributed by atoms with Gasteiger partial charge in [0, 0.05) is 6.07 Å². The second-order valence-corrected chi connectivity index (χ2v) is 14.3. The van der Waals surface area contributed by atoms with E-state index in [-0.39, 0.29) is 5.82 Å². The second-order valence-electron chi connectivity index (χ2n) is 8.92. The van der Waals surface area contributed by atoms with Crippen molar-refractivity contribution >= 4 is 40.6 Å². The Bertz CT molecular complexity index is 1060. The van der Waals surface area contributed by atoms with Crippen LogP contribution in [0.2, 0.25) is 16.6 Å². The lowest BCUT2D eigenvalue weighted by molar-refractivity contribution is 0.481. The van der Waals surface area contributed by atoms with Crippen LogP contribution in [0.3, 0.4) is 0 Å². The van der Waals surface area contributed by atoms with Crippen LogP contribution in [0.15, 0.2) is 42.5 Å². The van der Waals surface area contributed by atoms with Crippen LogP contribution >= 0.6 is 0 Å². The highest BCUT2D eigenvalue weighted by molar-refractivity contribution is 6.78. The van der Waals surface area contributed by atoms with E-state index in [1.54, 1.807) is 6.07 Å². The van der Waals surface area contributed by atoms with Crippen LogP contribution < -0.4 is 4.43 Å². The van der Waals surface area contributed by atoms with Crippen molar-refractivity contribution in [3.63, 3.8) is 0 Å². The fourth-order valence-electron chi connectivity index (χ4n) is 5.31. The minimum absolute atomic E-state index is 0.309. The van der Waals surface area contributed by atoms with Crippen molar-refractivity contribution in [1.29, 1.82) is 0 Å². The van der Waals surface area contributed by atoms with Gasteiger partial charge >= 0.3 is 0 Å². The van der Waals surface area contributed by atoms with E-state index in [0.717, 1.165) is 32.7 Å². The summed E-state index contributed by atoms with van der Waals surface area (Å²) in [6.07, 6.45) is 0. The van der Waals surface area contributed by atoms with Gasteiger partial charge in [0.15, 0.2) is 0 Å². The predicted octanol–water partition coefficient (Wildman–Crippen LogP) is 8.08. The van der Waals surface area contributed by atoms with E-state index in [2.05, 4.69) is 71.9 Å². The minimum atomic E-state index is -2.02. The van der Waals surface area contributed by atoms with Crippen molar-refractivity contribution in [3.8, 4) is 5.75 Å². The molecule has 0 atom stereocenters. The molecule has 0 aromatic heterocycles. The SMILES string of the molecule is CC(C)[Si](Oc1cc2ccc3[c]c(F)cc4ccc(c1)c2c34)(C(C)C)C(C)C. The molecule has 0 bridgehead atoms. The largest absolute Gasteiger partial charge is 0.543 e. The predicted molar refractivity (Wildman–Crippen MR) is 121 cm³/mol. The van der Waals surface area contributed by atoms with Crippen LogP contribution in [0.4, 0.5) is 4.39 Å². The molecule has 0 fully saturated rings. The second kappa shape index (κ2) is 6.73. The third-order valence-electron chi connectivity index (χ3n) is 6.39. The molecule has 0 aliphatic heterocycles. The monoisotopic (exact) mass is 391 g/mol. The zero-order valence-corrected chi connectivity index (χ0v) is 18.6. The standard InChI is InChI=1S/C25H28FOSi/c1-15(2)28(16(3)4,17(5)6)27-23-13-20-9-7-18-11-22(26)12-19-8-10-21(14-23)25(20)24(18)19/h7-11,13-17H,1-6H3. The van der Waals surface area contributed by atoms with E-state index in [0.29, 0.717) is 16.6 Å². The van der Waals surface area contributed by atoms with Crippen LogP contribution in [0.25, 0.3) is 32.3 Å². The molecule has 4 aromatic rings. The molecular weight excluding hydrogens is 363 g/mol. The molecule has 3 heteroatoms. The smallest absolute Gasteiger partial charge is 0.258 e. The fourth-order valence-corrected chi connectivity index (χ4v) is 10.5. The van der Waals surface area contributed by atoms with Gasteiger partial charge < -0.3 is 4.43 Å². The Morgan fingerprint density at radius 3 is 1.79 bits per heavy atom. The molecule has 0 spiro atoms. The minimum Gasteiger partial charge on any atom is -0.543 e. The first-order valence-corrected chi connectivity index (χ1v) is 12.4. The van der Waals surface area contributed by atoms with E-state index < -0.39 is 8.32 Å². The highest BCUT2D eigenvalue weighted by Gasteiger charge is 2.47. The molecule has 28 heavy (non-hydrogen) atoms. The van der Waals surface area contributed by atoms with Crippen molar-refractivity contribution < 1.29 is 8.82 Å². The Hall–Kier alpha value is -2.13. The van der Waals surface area contributed by atoms with Crippen LogP contribution in [0, 0.1) is 11.9 Å². The van der Waals surface area contributed by atoms with E-state index in [9.17, 15) is 4.39 Å². The Balaban J connectivity index is 1.93. The number of hydrogen-bond acceptors (Lipinski definition) is 1. The molecule has 0 unspecified atom stereocenters. The van der Waals surface area contributed by atoms with Gasteiger partial charge in [-0.25, -0.2) is 4.39 Å². The van der Waals surface area contributed by atoms with Crippen molar-refractivity contribution in [3.05, 3.63) is 54.3 Å². The van der Waals surface area contributed by atoms with Gasteiger partial charge in [-0.3, -0.25) is 0 Å². The zero-order valence-electron chi connectivity index (χ0n) is 17.6. The molecule has 1 radical (unpaired) electrons. The summed E-state index contributed by atoms with van der Waals surface area (Å²) >= 11 is 0. The van der Waals surface area contributed by atoms with Crippen molar-refractivity contribution in [1.82, 2.24) is 0 Å². The fraction of sp³-hybridized carbons (Fsp3) is 0.360. The van der Waals surface area contributed by atoms with Gasteiger partial charge in [0.05, 0.1) is 0 Å². The summed E-state index contributed by atoms with van der Waals surface area (Å²) in [5, 5.41) is 6.30. The molecular formula is C25H28FOSi. The normalized spacial score (nSPS) is 13.1. The lowest BCUT2D eigenvalue weighted by Gasteiger charge is -2.42. The molecule has 4 rings (SSSR count). The summed E-state index contributed by atoms with van der Waals surface area (Å²) in [6.45, 7) is 13.8. The van der Waals surface area contributed by atoms with Crippen molar-refractivity contribution in [2.24, 2.45) is 0 Å². The van der Waals surface area contributed by atoms with Crippen LogP contribution in [0.5, 0.6) is 5.75 Å². The quantitative estimate of drug-likeness (QED) is 0.247. The molecule has 145 valence electrons. The van der Waals surface area contributed by atoms with E-state index in [1.807, 2.05) is 12.1 Å². The maximum atomic E-state index is 13.9. The van der Waals surface area contributed by atoms with Gasteiger partial charge in [0.1, 0.15) is 11.6 Å². The van der Waals surface area contributed by atoms with Gasteiger partial charge in [-0.05, 0) is 67.1 Å². The summed E-state index contributed by atoms with van der Waals surface area (Å²) in [4.78, 5) is 0. The molecule has 0 aliphatic rings. The highest BCUT2D eigenvalue weighted by atomic mass is 28.4. The van der Waals surface area contributed by atoms with Gasteiger partial charge in [-0.2, -0.15) is 0 Å². The molecule has 1 nitrogen and oxygen atoms in total. The topological polar surface area (TPSA) is 9.23 Å². The maximum Gasteiger partial charge on any atom is 0.258 e. The summed E-state index contributed by atoms with van der Waals surface area (Å²) in [5.74, 6) is 0.653. The summed E-state index contributed by atoms with van der Waals surface area (Å²) in [6, 6.07) is 16.9. The average Bonchev–Trinajstić information content (AvgIpc) is 2.62. The first kappa shape index (κ1) is 19.2. The number of rotatable bonds is 5. The first-order valence-electron chi connectivity index (χ1n) is 10.2. The van der Waals surface area contributed by atoms with E-state index in [4.69, 9.17) is 4.43 Å². The average molecular weight is 392 g/mol. The molecule has 0 heterocycles. The van der Waals surface area contributed by atoms with E-state index in [1.165, 1.54) is 5.39 Å². The van der Waals surface area contributed by atoms with Crippen LogP contribution in [0.1, 0.15) is 41.5 Å². The Labute approximate surface area is 168 Å². The lowest BCUT2D eigenvalue weighted by Crippen LogP contribution is -2.50. The molecule has 0 amide bonds.